The van der Waals surface area contributed by atoms with Gasteiger partial charge < -0.3 is 9.40 Å². The molecule has 1 N–H and O–H groups in total. The van der Waals surface area contributed by atoms with Gasteiger partial charge in [0.15, 0.2) is 11.6 Å². The summed E-state index contributed by atoms with van der Waals surface area (Å²) < 4.78 is 5.45. The van der Waals surface area contributed by atoms with Crippen LogP contribution in [-0.4, -0.2) is 9.97 Å². The molecule has 0 unspecified atom stereocenters. The van der Waals surface area contributed by atoms with E-state index in [1.807, 2.05) is 39.8 Å². The molecule has 0 atom stereocenters. The van der Waals surface area contributed by atoms with Crippen LogP contribution in [-0.2, 0) is 0 Å². The van der Waals surface area contributed by atoms with Crippen molar-refractivity contribution in [3.8, 4) is 11.6 Å². The molecule has 2 heterocycles. The van der Waals surface area contributed by atoms with Crippen LogP contribution in [0.25, 0.3) is 11.6 Å². The highest BCUT2D eigenvalue weighted by atomic mass is 16.3. The highest BCUT2D eigenvalue weighted by Crippen LogP contribution is 2.19. The lowest BCUT2D eigenvalue weighted by atomic mass is 10.0. The van der Waals surface area contributed by atoms with Crippen molar-refractivity contribution in [2.45, 2.75) is 33.6 Å². The van der Waals surface area contributed by atoms with Crippen LogP contribution in [0.1, 0.15) is 36.8 Å². The van der Waals surface area contributed by atoms with E-state index in [1.165, 1.54) is 0 Å². The summed E-state index contributed by atoms with van der Waals surface area (Å²) in [7, 11) is 0. The number of hydrogen-bond acceptors (Lipinski definition) is 3. The number of nitrogens with one attached hydrogen (secondary N) is 1. The number of rotatable bonds is 2. The average Bonchev–Trinajstić information content (AvgIpc) is 2.63. The molecule has 2 aromatic rings. The van der Waals surface area contributed by atoms with Crippen LogP contribution in [0.5, 0.6) is 0 Å². The molecule has 0 saturated heterocycles. The minimum atomic E-state index is -0.0865. The van der Waals surface area contributed by atoms with Gasteiger partial charge >= 0.3 is 0 Å². The van der Waals surface area contributed by atoms with E-state index < -0.39 is 0 Å². The Bertz CT molecular complexity index is 594. The fourth-order valence-electron chi connectivity index (χ4n) is 1.95. The van der Waals surface area contributed by atoms with Crippen molar-refractivity contribution in [3.63, 3.8) is 0 Å². The van der Waals surface area contributed by atoms with Gasteiger partial charge in [0, 0.05) is 11.3 Å². The first-order valence-electron chi connectivity index (χ1n) is 5.66. The Labute approximate surface area is 99.7 Å². The van der Waals surface area contributed by atoms with Crippen LogP contribution in [0.15, 0.2) is 21.3 Å². The van der Waals surface area contributed by atoms with Crippen molar-refractivity contribution in [2.24, 2.45) is 0 Å². The largest absolute Gasteiger partial charge is 0.458 e. The molecule has 2 rings (SSSR count). The SMILES string of the molecule is Cc1ccc(-c2nc(C)c(C(C)C)c(=O)[nH]2)o1. The third kappa shape index (κ3) is 2.16. The molecule has 0 aliphatic carbocycles. The van der Waals surface area contributed by atoms with Crippen LogP contribution in [0.3, 0.4) is 0 Å². The molecule has 0 aliphatic rings. The summed E-state index contributed by atoms with van der Waals surface area (Å²) >= 11 is 0. The van der Waals surface area contributed by atoms with E-state index in [0.29, 0.717) is 11.6 Å². The van der Waals surface area contributed by atoms with Crippen molar-refractivity contribution in [1.82, 2.24) is 9.97 Å². The lowest BCUT2D eigenvalue weighted by Crippen LogP contribution is -2.18. The molecule has 0 radical (unpaired) electrons. The van der Waals surface area contributed by atoms with E-state index in [2.05, 4.69) is 9.97 Å². The Morgan fingerprint density at radius 2 is 2.00 bits per heavy atom. The molecule has 0 fully saturated rings. The van der Waals surface area contributed by atoms with E-state index in [1.54, 1.807) is 0 Å². The quantitative estimate of drug-likeness (QED) is 0.866. The fraction of sp³-hybridized carbons (Fsp3) is 0.385. The summed E-state index contributed by atoms with van der Waals surface area (Å²) in [6.45, 7) is 7.67. The minimum Gasteiger partial charge on any atom is -0.458 e. The van der Waals surface area contributed by atoms with E-state index in [4.69, 9.17) is 4.42 Å². The molecule has 0 amide bonds. The second-order valence-electron chi connectivity index (χ2n) is 4.48. The summed E-state index contributed by atoms with van der Waals surface area (Å²) in [4.78, 5) is 19.1. The Morgan fingerprint density at radius 3 is 2.47 bits per heavy atom. The Morgan fingerprint density at radius 1 is 1.29 bits per heavy atom. The zero-order valence-corrected chi connectivity index (χ0v) is 10.5. The molecule has 0 bridgehead atoms. The molecule has 0 saturated carbocycles. The maximum absolute atomic E-state index is 11.9. The second kappa shape index (κ2) is 4.20. The van der Waals surface area contributed by atoms with Crippen LogP contribution in [0.2, 0.25) is 0 Å². The first-order valence-corrected chi connectivity index (χ1v) is 5.66. The van der Waals surface area contributed by atoms with Gasteiger partial charge in [0.2, 0.25) is 0 Å². The summed E-state index contributed by atoms with van der Waals surface area (Å²) in [5, 5.41) is 0. The van der Waals surface area contributed by atoms with E-state index in [9.17, 15) is 4.79 Å². The van der Waals surface area contributed by atoms with Gasteiger partial charge in [0.25, 0.3) is 5.56 Å². The number of aromatic nitrogens is 2. The van der Waals surface area contributed by atoms with Crippen molar-refractivity contribution in [2.75, 3.05) is 0 Å². The maximum Gasteiger partial charge on any atom is 0.254 e. The Hall–Kier alpha value is -1.84. The van der Waals surface area contributed by atoms with Gasteiger partial charge in [0.05, 0.1) is 0 Å². The number of furan rings is 1. The number of hydrogen-bond donors (Lipinski definition) is 1. The molecule has 90 valence electrons. The third-order valence-corrected chi connectivity index (χ3v) is 2.70. The smallest absolute Gasteiger partial charge is 0.254 e. The Balaban J connectivity index is 2.57. The molecular weight excluding hydrogens is 216 g/mol. The van der Waals surface area contributed by atoms with Crippen LogP contribution >= 0.6 is 0 Å². The predicted molar refractivity (Wildman–Crippen MR) is 66.1 cm³/mol. The fourth-order valence-corrected chi connectivity index (χ4v) is 1.95. The van der Waals surface area contributed by atoms with Gasteiger partial charge in [-0.15, -0.1) is 0 Å². The normalized spacial score (nSPS) is 11.1. The van der Waals surface area contributed by atoms with Gasteiger partial charge in [-0.25, -0.2) is 4.98 Å². The lowest BCUT2D eigenvalue weighted by Gasteiger charge is -2.08. The van der Waals surface area contributed by atoms with Gasteiger partial charge in [-0.05, 0) is 31.9 Å². The second-order valence-corrected chi connectivity index (χ2v) is 4.48. The molecule has 4 nitrogen and oxygen atoms in total. The number of H-pyrrole nitrogens is 1. The first-order chi connectivity index (χ1) is 7.99. The molecule has 17 heavy (non-hydrogen) atoms. The summed E-state index contributed by atoms with van der Waals surface area (Å²) in [6, 6.07) is 3.66. The number of nitrogens with zero attached hydrogens (tertiary/aromatic N) is 1. The predicted octanol–water partition coefficient (Wildman–Crippen LogP) is 2.77. The van der Waals surface area contributed by atoms with E-state index in [-0.39, 0.29) is 11.5 Å². The monoisotopic (exact) mass is 232 g/mol. The minimum absolute atomic E-state index is 0.0865. The maximum atomic E-state index is 11.9. The number of aryl methyl sites for hydroxylation is 2. The summed E-state index contributed by atoms with van der Waals surface area (Å²) in [5.41, 5.74) is 1.40. The molecule has 2 aromatic heterocycles. The van der Waals surface area contributed by atoms with Crippen molar-refractivity contribution in [3.05, 3.63) is 39.5 Å². The molecule has 0 spiro atoms. The standard InChI is InChI=1S/C13H16N2O2/c1-7(2)11-9(4)14-12(15-13(11)16)10-6-5-8(3)17-10/h5-7H,1-4H3,(H,14,15,16). The van der Waals surface area contributed by atoms with Gasteiger partial charge in [0.1, 0.15) is 5.76 Å². The zero-order valence-electron chi connectivity index (χ0n) is 10.5. The Kier molecular flexibility index (Phi) is 2.88. The summed E-state index contributed by atoms with van der Waals surface area (Å²) in [5.74, 6) is 2.05. The first kappa shape index (κ1) is 11.6. The highest BCUT2D eigenvalue weighted by molar-refractivity contribution is 5.47. The van der Waals surface area contributed by atoms with Crippen molar-refractivity contribution >= 4 is 0 Å². The molecule has 0 aromatic carbocycles. The van der Waals surface area contributed by atoms with Crippen molar-refractivity contribution < 1.29 is 4.42 Å². The average molecular weight is 232 g/mol. The topological polar surface area (TPSA) is 58.9 Å². The summed E-state index contributed by atoms with van der Waals surface area (Å²) in [6.07, 6.45) is 0. The molecule has 4 heteroatoms. The van der Waals surface area contributed by atoms with Crippen molar-refractivity contribution in [1.29, 1.82) is 0 Å². The lowest BCUT2D eigenvalue weighted by molar-refractivity contribution is 0.543. The van der Waals surface area contributed by atoms with Gasteiger partial charge in [-0.1, -0.05) is 13.8 Å². The highest BCUT2D eigenvalue weighted by Gasteiger charge is 2.13. The van der Waals surface area contributed by atoms with Crippen LogP contribution in [0.4, 0.5) is 0 Å². The molecular formula is C13H16N2O2. The van der Waals surface area contributed by atoms with Crippen LogP contribution < -0.4 is 5.56 Å². The third-order valence-electron chi connectivity index (χ3n) is 2.70. The zero-order chi connectivity index (χ0) is 12.6. The van der Waals surface area contributed by atoms with Crippen LogP contribution in [0, 0.1) is 13.8 Å². The van der Waals surface area contributed by atoms with E-state index in [0.717, 1.165) is 17.0 Å². The number of aromatic amines is 1. The van der Waals surface area contributed by atoms with Gasteiger partial charge in [-0.2, -0.15) is 0 Å². The molecule has 0 aliphatic heterocycles. The van der Waals surface area contributed by atoms with Gasteiger partial charge in [-0.3, -0.25) is 4.79 Å². The van der Waals surface area contributed by atoms with E-state index >= 15 is 0 Å².